The maximum Gasteiger partial charge on any atom is 0.328 e. The summed E-state index contributed by atoms with van der Waals surface area (Å²) in [7, 11) is 1.34. The number of aliphatic carboxylic acids is 1. The van der Waals surface area contributed by atoms with Gasteiger partial charge >= 0.3 is 12.0 Å². The number of hydrogen-bond acceptors (Lipinski definition) is 4. The molecule has 0 aliphatic carbocycles. The van der Waals surface area contributed by atoms with Gasteiger partial charge in [-0.25, -0.2) is 9.59 Å². The third-order valence-electron chi connectivity index (χ3n) is 2.92. The van der Waals surface area contributed by atoms with Gasteiger partial charge in [0.15, 0.2) is 0 Å². The minimum atomic E-state index is -1.44. The first-order chi connectivity index (χ1) is 8.65. The molecule has 0 aromatic carbocycles. The van der Waals surface area contributed by atoms with E-state index in [0.29, 0.717) is 0 Å². The van der Waals surface area contributed by atoms with Crippen molar-refractivity contribution in [1.29, 1.82) is 0 Å². The van der Waals surface area contributed by atoms with E-state index in [1.54, 1.807) is 0 Å². The third-order valence-corrected chi connectivity index (χ3v) is 2.92. The fourth-order valence-electron chi connectivity index (χ4n) is 1.58. The highest BCUT2D eigenvalue weighted by Gasteiger charge is 2.35. The fourth-order valence-corrected chi connectivity index (χ4v) is 1.58. The molecule has 8 nitrogen and oxygen atoms in total. The summed E-state index contributed by atoms with van der Waals surface area (Å²) < 4.78 is 0. The van der Waals surface area contributed by atoms with Crippen LogP contribution in [0.5, 0.6) is 0 Å². The maximum absolute atomic E-state index is 11.7. The Hall–Kier alpha value is -2.12. The molecule has 0 aromatic heterocycles. The molecule has 19 heavy (non-hydrogen) atoms. The van der Waals surface area contributed by atoms with Crippen LogP contribution in [-0.2, 0) is 14.4 Å². The Labute approximate surface area is 110 Å². The largest absolute Gasteiger partial charge is 0.480 e. The lowest BCUT2D eigenvalue weighted by Crippen LogP contribution is -2.59. The van der Waals surface area contributed by atoms with Gasteiger partial charge in [-0.05, 0) is 20.3 Å². The molecule has 3 N–H and O–H groups in total. The SMILES string of the molecule is CN1C(=O)CCC(NC(=O)NC(C)(C)C(=O)O)C1=O. The molecule has 0 spiro atoms. The molecule has 106 valence electrons. The zero-order valence-corrected chi connectivity index (χ0v) is 11.0. The maximum atomic E-state index is 11.7. The van der Waals surface area contributed by atoms with Gasteiger partial charge in [0, 0.05) is 13.5 Å². The number of piperidine rings is 1. The van der Waals surface area contributed by atoms with Crippen molar-refractivity contribution in [3.63, 3.8) is 0 Å². The van der Waals surface area contributed by atoms with Gasteiger partial charge in [0.2, 0.25) is 5.91 Å². The standard InChI is InChI=1S/C11H17N3O5/c1-11(2,9(17)18)13-10(19)12-6-4-5-7(15)14(3)8(6)16/h6H,4-5H2,1-3H3,(H,17,18)(H2,12,13,19). The lowest BCUT2D eigenvalue weighted by atomic mass is 10.0. The summed E-state index contributed by atoms with van der Waals surface area (Å²) in [5, 5.41) is 13.5. The molecule has 1 heterocycles. The Balaban J connectivity index is 2.61. The molecule has 0 bridgehead atoms. The molecular formula is C11H17N3O5. The summed E-state index contributed by atoms with van der Waals surface area (Å²) in [4.78, 5) is 46.4. The molecule has 1 fully saturated rings. The lowest BCUT2D eigenvalue weighted by Gasteiger charge is -2.29. The minimum absolute atomic E-state index is 0.162. The van der Waals surface area contributed by atoms with Gasteiger partial charge in [-0.1, -0.05) is 0 Å². The number of urea groups is 1. The van der Waals surface area contributed by atoms with Crippen LogP contribution in [0.15, 0.2) is 0 Å². The van der Waals surface area contributed by atoms with Crippen LogP contribution >= 0.6 is 0 Å². The smallest absolute Gasteiger partial charge is 0.328 e. The van der Waals surface area contributed by atoms with E-state index in [9.17, 15) is 19.2 Å². The Morgan fingerprint density at radius 2 is 1.95 bits per heavy atom. The van der Waals surface area contributed by atoms with Gasteiger partial charge in [0.05, 0.1) is 0 Å². The highest BCUT2D eigenvalue weighted by molar-refractivity contribution is 6.01. The molecule has 0 saturated carbocycles. The summed E-state index contributed by atoms with van der Waals surface area (Å²) in [5.74, 6) is -1.99. The molecule has 1 aliphatic heterocycles. The molecular weight excluding hydrogens is 254 g/mol. The van der Waals surface area contributed by atoms with Crippen molar-refractivity contribution in [2.24, 2.45) is 0 Å². The molecule has 1 atom stereocenters. The first kappa shape index (κ1) is 14.9. The van der Waals surface area contributed by atoms with Crippen molar-refractivity contribution in [2.45, 2.75) is 38.3 Å². The predicted molar refractivity (Wildman–Crippen MR) is 64.2 cm³/mol. The second-order valence-electron chi connectivity index (χ2n) is 4.91. The van der Waals surface area contributed by atoms with E-state index >= 15 is 0 Å². The number of carbonyl (C=O) groups excluding carboxylic acids is 3. The van der Waals surface area contributed by atoms with E-state index in [0.717, 1.165) is 4.90 Å². The van der Waals surface area contributed by atoms with Crippen LogP contribution in [-0.4, -0.2) is 52.4 Å². The zero-order chi connectivity index (χ0) is 14.8. The summed E-state index contributed by atoms with van der Waals surface area (Å²) in [6.07, 6.45) is 0.373. The highest BCUT2D eigenvalue weighted by Crippen LogP contribution is 2.11. The summed E-state index contributed by atoms with van der Waals surface area (Å²) in [6.45, 7) is 2.65. The number of carboxylic acid groups (broad SMARTS) is 1. The van der Waals surface area contributed by atoms with Crippen molar-refractivity contribution >= 4 is 23.8 Å². The second kappa shape index (κ2) is 5.25. The first-order valence-electron chi connectivity index (χ1n) is 5.77. The number of nitrogens with one attached hydrogen (secondary N) is 2. The number of carbonyl (C=O) groups is 4. The summed E-state index contributed by atoms with van der Waals surface area (Å²) in [5.41, 5.74) is -1.44. The van der Waals surface area contributed by atoms with Crippen LogP contribution in [0.1, 0.15) is 26.7 Å². The average Bonchev–Trinajstić information content (AvgIpc) is 2.29. The monoisotopic (exact) mass is 271 g/mol. The normalized spacial score (nSPS) is 20.2. The zero-order valence-electron chi connectivity index (χ0n) is 11.0. The van der Waals surface area contributed by atoms with Crippen LogP contribution in [0.2, 0.25) is 0 Å². The Bertz CT molecular complexity index is 432. The molecule has 1 rings (SSSR count). The fraction of sp³-hybridized carbons (Fsp3) is 0.636. The Morgan fingerprint density at radius 3 is 2.47 bits per heavy atom. The topological polar surface area (TPSA) is 116 Å². The van der Waals surface area contributed by atoms with E-state index in [-0.39, 0.29) is 18.7 Å². The molecule has 0 aromatic rings. The van der Waals surface area contributed by atoms with Gasteiger partial charge in [0.1, 0.15) is 11.6 Å². The number of imide groups is 1. The van der Waals surface area contributed by atoms with Gasteiger partial charge in [-0.2, -0.15) is 0 Å². The van der Waals surface area contributed by atoms with Crippen molar-refractivity contribution < 1.29 is 24.3 Å². The van der Waals surface area contributed by atoms with Gasteiger partial charge < -0.3 is 15.7 Å². The minimum Gasteiger partial charge on any atom is -0.480 e. The summed E-state index contributed by atoms with van der Waals surface area (Å²) >= 11 is 0. The number of hydrogen-bond donors (Lipinski definition) is 3. The van der Waals surface area contributed by atoms with E-state index in [2.05, 4.69) is 10.6 Å². The Kier molecular flexibility index (Phi) is 4.13. The second-order valence-corrected chi connectivity index (χ2v) is 4.91. The van der Waals surface area contributed by atoms with Crippen LogP contribution in [0.4, 0.5) is 4.79 Å². The van der Waals surface area contributed by atoms with Crippen molar-refractivity contribution in [2.75, 3.05) is 7.05 Å². The van der Waals surface area contributed by atoms with Crippen LogP contribution in [0, 0.1) is 0 Å². The molecule has 1 aliphatic rings. The van der Waals surface area contributed by atoms with Gasteiger partial charge in [-0.3, -0.25) is 14.5 Å². The number of carboxylic acids is 1. The van der Waals surface area contributed by atoms with Gasteiger partial charge in [-0.15, -0.1) is 0 Å². The number of nitrogens with zero attached hydrogens (tertiary/aromatic N) is 1. The van der Waals surface area contributed by atoms with E-state index in [1.165, 1.54) is 20.9 Å². The van der Waals surface area contributed by atoms with Crippen molar-refractivity contribution in [3.8, 4) is 0 Å². The van der Waals surface area contributed by atoms with Crippen molar-refractivity contribution in [3.05, 3.63) is 0 Å². The van der Waals surface area contributed by atoms with Crippen LogP contribution in [0.25, 0.3) is 0 Å². The molecule has 1 saturated heterocycles. The van der Waals surface area contributed by atoms with Gasteiger partial charge in [0.25, 0.3) is 5.91 Å². The van der Waals surface area contributed by atoms with E-state index in [4.69, 9.17) is 5.11 Å². The van der Waals surface area contributed by atoms with Crippen LogP contribution in [0.3, 0.4) is 0 Å². The van der Waals surface area contributed by atoms with Crippen molar-refractivity contribution in [1.82, 2.24) is 15.5 Å². The molecule has 4 amide bonds. The molecule has 1 unspecified atom stereocenters. The lowest BCUT2D eigenvalue weighted by molar-refractivity contribution is -0.147. The third kappa shape index (κ3) is 3.43. The van der Waals surface area contributed by atoms with E-state index < -0.39 is 29.5 Å². The number of likely N-dealkylation sites (N-methyl/N-ethyl adjacent to an activating group) is 1. The highest BCUT2D eigenvalue weighted by atomic mass is 16.4. The number of likely N-dealkylation sites (tertiary alicyclic amines) is 1. The number of rotatable bonds is 3. The quantitative estimate of drug-likeness (QED) is 0.587. The van der Waals surface area contributed by atoms with Crippen LogP contribution < -0.4 is 10.6 Å². The predicted octanol–water partition coefficient (Wildman–Crippen LogP) is -0.704. The van der Waals surface area contributed by atoms with E-state index in [1.807, 2.05) is 0 Å². The number of amides is 4. The molecule has 8 heteroatoms. The Morgan fingerprint density at radius 1 is 1.37 bits per heavy atom. The first-order valence-corrected chi connectivity index (χ1v) is 5.77. The average molecular weight is 271 g/mol. The molecule has 0 radical (unpaired) electrons. The summed E-state index contributed by atoms with van der Waals surface area (Å²) in [6, 6.07) is -1.57.